The number of amides is 2. The van der Waals surface area contributed by atoms with Crippen molar-refractivity contribution in [2.45, 2.75) is 18.2 Å². The van der Waals surface area contributed by atoms with E-state index in [9.17, 15) is 9.59 Å². The molecule has 26 heavy (non-hydrogen) atoms. The van der Waals surface area contributed by atoms with E-state index in [2.05, 4.69) is 21.7 Å². The van der Waals surface area contributed by atoms with Crippen molar-refractivity contribution in [3.05, 3.63) is 59.8 Å². The highest BCUT2D eigenvalue weighted by Crippen LogP contribution is 2.22. The fourth-order valence-corrected chi connectivity index (χ4v) is 3.39. The van der Waals surface area contributed by atoms with Gasteiger partial charge in [-0.25, -0.2) is 0 Å². The van der Waals surface area contributed by atoms with E-state index in [-0.39, 0.29) is 0 Å². The van der Waals surface area contributed by atoms with Crippen LogP contribution in [0.5, 0.6) is 0 Å². The number of hydrogen-bond donors (Lipinski definition) is 3. The molecule has 0 radical (unpaired) electrons. The zero-order valence-corrected chi connectivity index (χ0v) is 15.6. The number of rotatable bonds is 5. The molecule has 0 fully saturated rings. The zero-order chi connectivity index (χ0) is 18.5. The molecule has 3 aromatic rings. The first kappa shape index (κ1) is 18.1. The molecule has 3 rings (SSSR count). The van der Waals surface area contributed by atoms with Gasteiger partial charge < -0.3 is 15.6 Å². The second kappa shape index (κ2) is 8.10. The number of benzene rings is 2. The number of nitrogens with one attached hydrogen (secondary N) is 3. The van der Waals surface area contributed by atoms with Crippen LogP contribution < -0.4 is 10.6 Å². The molecule has 1 heterocycles. The van der Waals surface area contributed by atoms with Crippen LogP contribution in [0.25, 0.3) is 10.9 Å². The number of carbonyl (C=O) groups is 2. The van der Waals surface area contributed by atoms with Crippen molar-refractivity contribution in [3.8, 4) is 0 Å². The largest absolute Gasteiger partial charge is 0.358 e. The van der Waals surface area contributed by atoms with E-state index in [0.29, 0.717) is 18.7 Å². The monoisotopic (exact) mass is 367 g/mol. The molecule has 0 unspecified atom stereocenters. The number of fused-ring (bicyclic) bond motifs is 1. The van der Waals surface area contributed by atoms with E-state index in [1.165, 1.54) is 0 Å². The van der Waals surface area contributed by atoms with Crippen LogP contribution in [0, 0.1) is 6.92 Å². The molecule has 0 saturated heterocycles. The molecule has 2 amide bonds. The number of carbonyl (C=O) groups excluding carboxylic acids is 2. The van der Waals surface area contributed by atoms with Gasteiger partial charge in [-0.2, -0.15) is 0 Å². The fourth-order valence-electron chi connectivity index (χ4n) is 2.93. The highest BCUT2D eigenvalue weighted by Gasteiger charge is 2.14. The Morgan fingerprint density at radius 3 is 2.69 bits per heavy atom. The molecule has 0 aliphatic heterocycles. The Morgan fingerprint density at radius 1 is 1.08 bits per heavy atom. The van der Waals surface area contributed by atoms with E-state index < -0.39 is 11.8 Å². The van der Waals surface area contributed by atoms with Crippen LogP contribution in [0.1, 0.15) is 11.3 Å². The Kier molecular flexibility index (Phi) is 5.63. The van der Waals surface area contributed by atoms with E-state index in [1.54, 1.807) is 17.8 Å². The Morgan fingerprint density at radius 2 is 1.88 bits per heavy atom. The predicted molar refractivity (Wildman–Crippen MR) is 107 cm³/mol. The fraction of sp³-hybridized carbons (Fsp3) is 0.200. The Bertz CT molecular complexity index is 949. The average molecular weight is 367 g/mol. The van der Waals surface area contributed by atoms with Crippen LogP contribution in [-0.4, -0.2) is 29.6 Å². The lowest BCUT2D eigenvalue weighted by Gasteiger charge is -2.08. The van der Waals surface area contributed by atoms with Crippen LogP contribution in [0.15, 0.2) is 53.4 Å². The molecule has 0 saturated carbocycles. The van der Waals surface area contributed by atoms with Gasteiger partial charge in [0.15, 0.2) is 0 Å². The quantitative estimate of drug-likeness (QED) is 0.477. The number of aryl methyl sites for hydroxylation is 1. The van der Waals surface area contributed by atoms with Gasteiger partial charge in [-0.3, -0.25) is 9.59 Å². The standard InChI is InChI=1S/C20H21N3O2S/c1-13-16(17-8-3-4-9-18(17)22-13)10-11-21-19(24)20(25)23-14-6-5-7-15(12-14)26-2/h3-9,12,22H,10-11H2,1-2H3,(H,21,24)(H,23,25). The van der Waals surface area contributed by atoms with Crippen LogP contribution in [-0.2, 0) is 16.0 Å². The van der Waals surface area contributed by atoms with Gasteiger partial charge in [0, 0.05) is 33.7 Å². The van der Waals surface area contributed by atoms with Crippen molar-refractivity contribution >= 4 is 40.2 Å². The molecule has 1 aromatic heterocycles. The molecular formula is C20H21N3O2S. The van der Waals surface area contributed by atoms with Crippen molar-refractivity contribution < 1.29 is 9.59 Å². The average Bonchev–Trinajstić information content (AvgIpc) is 2.97. The number of H-pyrrole nitrogens is 1. The van der Waals surface area contributed by atoms with Crippen molar-refractivity contribution in [1.29, 1.82) is 0 Å². The van der Waals surface area contributed by atoms with E-state index in [4.69, 9.17) is 0 Å². The van der Waals surface area contributed by atoms with Gasteiger partial charge in [0.1, 0.15) is 0 Å². The van der Waals surface area contributed by atoms with Crippen LogP contribution in [0.3, 0.4) is 0 Å². The third-order valence-corrected chi connectivity index (χ3v) is 4.95. The van der Waals surface area contributed by atoms with Crippen LogP contribution >= 0.6 is 11.8 Å². The highest BCUT2D eigenvalue weighted by atomic mass is 32.2. The van der Waals surface area contributed by atoms with Crippen molar-refractivity contribution in [2.75, 3.05) is 18.1 Å². The number of thioether (sulfide) groups is 1. The third-order valence-electron chi connectivity index (χ3n) is 4.22. The number of aromatic nitrogens is 1. The molecule has 0 aliphatic carbocycles. The minimum absolute atomic E-state index is 0.403. The van der Waals surface area contributed by atoms with Gasteiger partial charge in [0.2, 0.25) is 0 Å². The van der Waals surface area contributed by atoms with Gasteiger partial charge in [-0.1, -0.05) is 24.3 Å². The SMILES string of the molecule is CSc1cccc(NC(=O)C(=O)NCCc2c(C)[nH]c3ccccc23)c1. The Hall–Kier alpha value is -2.73. The maximum atomic E-state index is 12.0. The number of anilines is 1. The van der Waals surface area contributed by atoms with Crippen molar-refractivity contribution in [1.82, 2.24) is 10.3 Å². The second-order valence-electron chi connectivity index (χ2n) is 5.97. The first-order valence-corrected chi connectivity index (χ1v) is 9.60. The van der Waals surface area contributed by atoms with E-state index >= 15 is 0 Å². The Labute approximate surface area is 156 Å². The maximum Gasteiger partial charge on any atom is 0.313 e. The first-order chi connectivity index (χ1) is 12.6. The lowest BCUT2D eigenvalue weighted by Crippen LogP contribution is -2.36. The third kappa shape index (κ3) is 4.08. The molecular weight excluding hydrogens is 346 g/mol. The molecule has 0 bridgehead atoms. The van der Waals surface area contributed by atoms with Crippen LogP contribution in [0.2, 0.25) is 0 Å². The normalized spacial score (nSPS) is 10.7. The van der Waals surface area contributed by atoms with E-state index in [0.717, 1.165) is 27.1 Å². The summed E-state index contributed by atoms with van der Waals surface area (Å²) in [6.07, 6.45) is 2.62. The zero-order valence-electron chi connectivity index (χ0n) is 14.8. The molecule has 0 aliphatic rings. The number of hydrogen-bond acceptors (Lipinski definition) is 3. The van der Waals surface area contributed by atoms with Gasteiger partial charge in [-0.15, -0.1) is 11.8 Å². The minimum atomic E-state index is -0.654. The molecule has 5 nitrogen and oxygen atoms in total. The Balaban J connectivity index is 1.56. The summed E-state index contributed by atoms with van der Waals surface area (Å²) in [5.41, 5.74) is 3.94. The van der Waals surface area contributed by atoms with E-state index in [1.807, 2.05) is 49.6 Å². The maximum absolute atomic E-state index is 12.0. The smallest absolute Gasteiger partial charge is 0.313 e. The summed E-state index contributed by atoms with van der Waals surface area (Å²) in [6.45, 7) is 2.42. The number of aromatic amines is 1. The predicted octanol–water partition coefficient (Wildman–Crippen LogP) is 3.50. The first-order valence-electron chi connectivity index (χ1n) is 8.38. The molecule has 2 aromatic carbocycles. The lowest BCUT2D eigenvalue weighted by molar-refractivity contribution is -0.136. The summed E-state index contributed by atoms with van der Waals surface area (Å²) in [6, 6.07) is 15.5. The summed E-state index contributed by atoms with van der Waals surface area (Å²) in [5.74, 6) is -1.28. The second-order valence-corrected chi connectivity index (χ2v) is 6.85. The van der Waals surface area contributed by atoms with Gasteiger partial charge >= 0.3 is 11.8 Å². The lowest BCUT2D eigenvalue weighted by atomic mass is 10.1. The summed E-state index contributed by atoms with van der Waals surface area (Å²) in [4.78, 5) is 28.5. The molecule has 0 atom stereocenters. The molecule has 3 N–H and O–H groups in total. The number of para-hydroxylation sites is 1. The summed E-state index contributed by atoms with van der Waals surface area (Å²) in [7, 11) is 0. The topological polar surface area (TPSA) is 74.0 Å². The summed E-state index contributed by atoms with van der Waals surface area (Å²) < 4.78 is 0. The van der Waals surface area contributed by atoms with Gasteiger partial charge in [0.25, 0.3) is 0 Å². The molecule has 134 valence electrons. The highest BCUT2D eigenvalue weighted by molar-refractivity contribution is 7.98. The van der Waals surface area contributed by atoms with Gasteiger partial charge in [-0.05, 0) is 49.4 Å². The summed E-state index contributed by atoms with van der Waals surface area (Å²) >= 11 is 1.58. The van der Waals surface area contributed by atoms with Crippen molar-refractivity contribution in [2.24, 2.45) is 0 Å². The summed E-state index contributed by atoms with van der Waals surface area (Å²) in [5, 5.41) is 6.47. The van der Waals surface area contributed by atoms with Crippen molar-refractivity contribution in [3.63, 3.8) is 0 Å². The molecule has 0 spiro atoms. The van der Waals surface area contributed by atoms with Crippen LogP contribution in [0.4, 0.5) is 5.69 Å². The van der Waals surface area contributed by atoms with Gasteiger partial charge in [0.05, 0.1) is 0 Å². The minimum Gasteiger partial charge on any atom is -0.358 e. The molecule has 6 heteroatoms.